The zero-order valence-corrected chi connectivity index (χ0v) is 16.6. The van der Waals surface area contributed by atoms with Crippen LogP contribution in [0.15, 0.2) is 36.7 Å². The molecule has 6 heteroatoms. The first kappa shape index (κ1) is 20.6. The number of benzene rings is 1. The molecule has 0 unspecified atom stereocenters. The van der Waals surface area contributed by atoms with Gasteiger partial charge >= 0.3 is 0 Å². The highest BCUT2D eigenvalue weighted by atomic mass is 16.5. The van der Waals surface area contributed by atoms with Gasteiger partial charge in [-0.15, -0.1) is 0 Å². The highest BCUT2D eigenvalue weighted by Crippen LogP contribution is 2.27. The Morgan fingerprint density at radius 3 is 2.63 bits per heavy atom. The molecule has 2 rings (SSSR count). The number of nitrogens with zero attached hydrogens (tertiary/aromatic N) is 2. The molecule has 146 valence electrons. The van der Waals surface area contributed by atoms with E-state index in [-0.39, 0.29) is 5.91 Å². The molecule has 0 saturated heterocycles. The van der Waals surface area contributed by atoms with E-state index in [2.05, 4.69) is 17.2 Å². The Hall–Kier alpha value is -2.76. The normalized spacial score (nSPS) is 10.4. The van der Waals surface area contributed by atoms with E-state index >= 15 is 0 Å². The van der Waals surface area contributed by atoms with Gasteiger partial charge in [0.1, 0.15) is 0 Å². The SMILES string of the molecule is CCCCN(C)C(=O)c1cncc(NCCc2ccc(OC)c(OC)c2)c1. The van der Waals surface area contributed by atoms with Crippen LogP contribution in [-0.4, -0.2) is 50.1 Å². The fourth-order valence-corrected chi connectivity index (χ4v) is 2.76. The third-order valence-corrected chi connectivity index (χ3v) is 4.37. The van der Waals surface area contributed by atoms with Crippen molar-refractivity contribution < 1.29 is 14.3 Å². The van der Waals surface area contributed by atoms with Gasteiger partial charge in [-0.3, -0.25) is 9.78 Å². The van der Waals surface area contributed by atoms with Crippen molar-refractivity contribution in [2.24, 2.45) is 0 Å². The average molecular weight is 371 g/mol. The van der Waals surface area contributed by atoms with E-state index in [1.165, 1.54) is 0 Å². The van der Waals surface area contributed by atoms with Gasteiger partial charge in [-0.1, -0.05) is 19.4 Å². The standard InChI is InChI=1S/C21H29N3O3/c1-5-6-11-24(2)21(25)17-13-18(15-22-14-17)23-10-9-16-7-8-19(26-3)20(12-16)27-4/h7-8,12-15,23H,5-6,9-11H2,1-4H3. The van der Waals surface area contributed by atoms with Gasteiger partial charge in [-0.2, -0.15) is 0 Å². The zero-order chi connectivity index (χ0) is 19.6. The second-order valence-electron chi connectivity index (χ2n) is 6.41. The molecule has 1 heterocycles. The van der Waals surface area contributed by atoms with Crippen molar-refractivity contribution in [3.8, 4) is 11.5 Å². The summed E-state index contributed by atoms with van der Waals surface area (Å²) in [6.45, 7) is 3.59. The number of aromatic nitrogens is 1. The minimum absolute atomic E-state index is 0.000472. The van der Waals surface area contributed by atoms with Gasteiger partial charge in [0.2, 0.25) is 0 Å². The summed E-state index contributed by atoms with van der Waals surface area (Å²) in [6, 6.07) is 7.75. The maximum Gasteiger partial charge on any atom is 0.255 e. The highest BCUT2D eigenvalue weighted by Gasteiger charge is 2.12. The lowest BCUT2D eigenvalue weighted by atomic mass is 10.1. The van der Waals surface area contributed by atoms with Crippen molar-refractivity contribution in [3.05, 3.63) is 47.8 Å². The predicted molar refractivity (Wildman–Crippen MR) is 108 cm³/mol. The van der Waals surface area contributed by atoms with Crippen LogP contribution in [0, 0.1) is 0 Å². The van der Waals surface area contributed by atoms with Crippen LogP contribution < -0.4 is 14.8 Å². The van der Waals surface area contributed by atoms with Crippen LogP contribution in [0.1, 0.15) is 35.7 Å². The van der Waals surface area contributed by atoms with Crippen LogP contribution >= 0.6 is 0 Å². The van der Waals surface area contributed by atoms with E-state index in [9.17, 15) is 4.79 Å². The maximum atomic E-state index is 12.5. The van der Waals surface area contributed by atoms with Gasteiger partial charge in [0, 0.05) is 32.5 Å². The van der Waals surface area contributed by atoms with E-state index in [1.54, 1.807) is 31.5 Å². The lowest BCUT2D eigenvalue weighted by Gasteiger charge is -2.17. The Kier molecular flexibility index (Phi) is 7.92. The van der Waals surface area contributed by atoms with E-state index < -0.39 is 0 Å². The van der Waals surface area contributed by atoms with Gasteiger partial charge in [0.05, 0.1) is 25.5 Å². The summed E-state index contributed by atoms with van der Waals surface area (Å²) < 4.78 is 10.6. The number of unbranched alkanes of at least 4 members (excludes halogenated alkanes) is 1. The van der Waals surface area contributed by atoms with Crippen LogP contribution in [0.2, 0.25) is 0 Å². The smallest absolute Gasteiger partial charge is 0.255 e. The van der Waals surface area contributed by atoms with Gasteiger partial charge < -0.3 is 19.7 Å². The molecule has 0 aliphatic heterocycles. The largest absolute Gasteiger partial charge is 0.493 e. The molecule has 1 N–H and O–H groups in total. The fraction of sp³-hybridized carbons (Fsp3) is 0.429. The Morgan fingerprint density at radius 2 is 1.93 bits per heavy atom. The number of nitrogens with one attached hydrogen (secondary N) is 1. The van der Waals surface area contributed by atoms with E-state index in [0.717, 1.165) is 55.1 Å². The van der Waals surface area contributed by atoms with Crippen LogP contribution in [0.4, 0.5) is 5.69 Å². The van der Waals surface area contributed by atoms with Gasteiger partial charge in [0.25, 0.3) is 5.91 Å². The summed E-state index contributed by atoms with van der Waals surface area (Å²) in [7, 11) is 5.08. The first-order chi connectivity index (χ1) is 13.1. The van der Waals surface area contributed by atoms with Crippen molar-refractivity contribution in [1.82, 2.24) is 9.88 Å². The molecule has 0 aliphatic rings. The van der Waals surface area contributed by atoms with Gasteiger partial charge in [-0.05, 0) is 36.6 Å². The molecule has 0 aliphatic carbocycles. The molecule has 6 nitrogen and oxygen atoms in total. The van der Waals surface area contributed by atoms with Crippen molar-refractivity contribution in [2.75, 3.05) is 39.7 Å². The van der Waals surface area contributed by atoms with Crippen molar-refractivity contribution in [1.29, 1.82) is 0 Å². The third-order valence-electron chi connectivity index (χ3n) is 4.37. The number of amides is 1. The number of hydrogen-bond donors (Lipinski definition) is 1. The second kappa shape index (κ2) is 10.4. The van der Waals surface area contributed by atoms with Crippen LogP contribution in [0.25, 0.3) is 0 Å². The first-order valence-corrected chi connectivity index (χ1v) is 9.24. The Morgan fingerprint density at radius 1 is 1.15 bits per heavy atom. The monoisotopic (exact) mass is 371 g/mol. The average Bonchev–Trinajstić information content (AvgIpc) is 2.71. The molecule has 0 saturated carbocycles. The number of carbonyl (C=O) groups excluding carboxylic acids is 1. The molecular formula is C21H29N3O3. The minimum atomic E-state index is -0.000472. The summed E-state index contributed by atoms with van der Waals surface area (Å²) in [5.74, 6) is 1.44. The van der Waals surface area contributed by atoms with Gasteiger partial charge in [-0.25, -0.2) is 0 Å². The van der Waals surface area contributed by atoms with Crippen LogP contribution in [0.5, 0.6) is 11.5 Å². The zero-order valence-electron chi connectivity index (χ0n) is 16.6. The molecule has 0 bridgehead atoms. The van der Waals surface area contributed by atoms with E-state index in [4.69, 9.17) is 9.47 Å². The number of carbonyl (C=O) groups is 1. The molecule has 1 aromatic heterocycles. The number of anilines is 1. The summed E-state index contributed by atoms with van der Waals surface area (Å²) >= 11 is 0. The van der Waals surface area contributed by atoms with Crippen molar-refractivity contribution in [3.63, 3.8) is 0 Å². The van der Waals surface area contributed by atoms with Crippen LogP contribution in [0.3, 0.4) is 0 Å². The Labute approximate surface area is 161 Å². The molecule has 1 aromatic carbocycles. The number of hydrogen-bond acceptors (Lipinski definition) is 5. The summed E-state index contributed by atoms with van der Waals surface area (Å²) in [5, 5.41) is 3.33. The van der Waals surface area contributed by atoms with Crippen LogP contribution in [-0.2, 0) is 6.42 Å². The highest BCUT2D eigenvalue weighted by molar-refractivity contribution is 5.94. The Bertz CT molecular complexity index is 749. The van der Waals surface area contributed by atoms with E-state index in [1.807, 2.05) is 31.3 Å². The lowest BCUT2D eigenvalue weighted by Crippen LogP contribution is -2.27. The number of rotatable bonds is 10. The first-order valence-electron chi connectivity index (χ1n) is 9.24. The third kappa shape index (κ3) is 5.88. The molecule has 27 heavy (non-hydrogen) atoms. The lowest BCUT2D eigenvalue weighted by molar-refractivity contribution is 0.0793. The molecular weight excluding hydrogens is 342 g/mol. The van der Waals surface area contributed by atoms with Gasteiger partial charge in [0.15, 0.2) is 11.5 Å². The molecule has 0 atom stereocenters. The summed E-state index contributed by atoms with van der Waals surface area (Å²) in [4.78, 5) is 18.4. The molecule has 0 fully saturated rings. The number of pyridine rings is 1. The van der Waals surface area contributed by atoms with Crippen molar-refractivity contribution in [2.45, 2.75) is 26.2 Å². The predicted octanol–water partition coefficient (Wildman–Crippen LogP) is 3.63. The van der Waals surface area contributed by atoms with Crippen molar-refractivity contribution >= 4 is 11.6 Å². The Balaban J connectivity index is 1.94. The molecule has 0 radical (unpaired) electrons. The minimum Gasteiger partial charge on any atom is -0.493 e. The quantitative estimate of drug-likeness (QED) is 0.691. The topological polar surface area (TPSA) is 63.7 Å². The second-order valence-corrected chi connectivity index (χ2v) is 6.41. The maximum absolute atomic E-state index is 12.5. The molecule has 1 amide bonds. The molecule has 2 aromatic rings. The molecule has 0 spiro atoms. The van der Waals surface area contributed by atoms with E-state index in [0.29, 0.717) is 5.56 Å². The number of methoxy groups -OCH3 is 2. The summed E-state index contributed by atoms with van der Waals surface area (Å²) in [5.41, 5.74) is 2.58. The fourth-order valence-electron chi connectivity index (χ4n) is 2.76. The summed E-state index contributed by atoms with van der Waals surface area (Å²) in [6.07, 6.45) is 6.23. The number of ether oxygens (including phenoxy) is 2.